The molecule has 2 aromatic carbocycles. The highest BCUT2D eigenvalue weighted by atomic mass is 15.0. The maximum atomic E-state index is 8.87. The van der Waals surface area contributed by atoms with Crippen molar-refractivity contribution in [2.24, 2.45) is 4.99 Å². The normalized spacial score (nSPS) is 11.0. The van der Waals surface area contributed by atoms with E-state index in [1.165, 1.54) is 22.6 Å². The lowest BCUT2D eigenvalue weighted by atomic mass is 10.1. The van der Waals surface area contributed by atoms with Crippen LogP contribution in [-0.4, -0.2) is 10.8 Å². The van der Waals surface area contributed by atoms with Gasteiger partial charge >= 0.3 is 0 Å². The maximum Gasteiger partial charge on any atom is 0.0991 e. The van der Waals surface area contributed by atoms with Crippen LogP contribution in [-0.2, 0) is 6.42 Å². The Hall–Kier alpha value is -3.12. The van der Waals surface area contributed by atoms with Crippen molar-refractivity contribution in [3.05, 3.63) is 82.7 Å². The van der Waals surface area contributed by atoms with E-state index in [1.807, 2.05) is 18.3 Å². The lowest BCUT2D eigenvalue weighted by Crippen LogP contribution is -2.03. The van der Waals surface area contributed by atoms with Crippen LogP contribution in [0.4, 0.5) is 5.69 Å². The van der Waals surface area contributed by atoms with Crippen molar-refractivity contribution in [2.45, 2.75) is 27.2 Å². The molecule has 3 rings (SSSR count). The van der Waals surface area contributed by atoms with Gasteiger partial charge in [0.2, 0.25) is 0 Å². The van der Waals surface area contributed by atoms with Crippen LogP contribution in [0.1, 0.15) is 35.0 Å². The number of nitrogens with zero attached hydrogens (tertiary/aromatic N) is 3. The zero-order valence-corrected chi connectivity index (χ0v) is 14.8. The number of nitriles is 1. The summed E-state index contributed by atoms with van der Waals surface area (Å²) in [5.41, 5.74) is 7.53. The van der Waals surface area contributed by atoms with E-state index >= 15 is 0 Å². The van der Waals surface area contributed by atoms with Crippen molar-refractivity contribution < 1.29 is 0 Å². The second-order valence-electron chi connectivity index (χ2n) is 6.06. The summed E-state index contributed by atoms with van der Waals surface area (Å²) >= 11 is 0. The average molecular weight is 327 g/mol. The standard InChI is InChI=1S/C22H21N3/c1-4-19-7-5-6-8-22(19)25-16(2)13-20(17(25)3)15-24-21-11-9-18(14-23)10-12-21/h5-13,15H,4H2,1-3H3. The van der Waals surface area contributed by atoms with Crippen LogP contribution in [0.15, 0.2) is 59.6 Å². The van der Waals surface area contributed by atoms with Crippen LogP contribution in [0.25, 0.3) is 5.69 Å². The summed E-state index contributed by atoms with van der Waals surface area (Å²) < 4.78 is 2.29. The molecule has 0 aliphatic rings. The van der Waals surface area contributed by atoms with E-state index in [4.69, 9.17) is 5.26 Å². The first-order chi connectivity index (χ1) is 12.1. The SMILES string of the molecule is CCc1ccccc1-n1c(C)cc(C=Nc2ccc(C#N)cc2)c1C. The molecule has 1 aromatic heterocycles. The molecule has 0 aliphatic carbocycles. The van der Waals surface area contributed by atoms with Crippen LogP contribution in [0.3, 0.4) is 0 Å². The van der Waals surface area contributed by atoms with Crippen molar-refractivity contribution in [1.29, 1.82) is 5.26 Å². The van der Waals surface area contributed by atoms with E-state index in [9.17, 15) is 0 Å². The van der Waals surface area contributed by atoms with Gasteiger partial charge in [0.05, 0.1) is 17.3 Å². The second-order valence-corrected chi connectivity index (χ2v) is 6.06. The average Bonchev–Trinajstić information content (AvgIpc) is 2.93. The van der Waals surface area contributed by atoms with Gasteiger partial charge in [-0.2, -0.15) is 5.26 Å². The zero-order valence-electron chi connectivity index (χ0n) is 14.8. The fourth-order valence-corrected chi connectivity index (χ4v) is 3.08. The summed E-state index contributed by atoms with van der Waals surface area (Å²) in [6.45, 7) is 6.43. The van der Waals surface area contributed by atoms with E-state index in [2.05, 4.69) is 66.7 Å². The Balaban J connectivity index is 1.97. The van der Waals surface area contributed by atoms with Gasteiger partial charge in [-0.3, -0.25) is 4.99 Å². The highest BCUT2D eigenvalue weighted by molar-refractivity contribution is 5.84. The summed E-state index contributed by atoms with van der Waals surface area (Å²) in [4.78, 5) is 4.56. The summed E-state index contributed by atoms with van der Waals surface area (Å²) in [6, 6.07) is 20.1. The first kappa shape index (κ1) is 16.7. The molecule has 0 aliphatic heterocycles. The minimum atomic E-state index is 0.647. The molecule has 1 heterocycles. The molecule has 3 aromatic rings. The molecule has 0 saturated heterocycles. The van der Waals surface area contributed by atoms with Crippen molar-refractivity contribution in [2.75, 3.05) is 0 Å². The van der Waals surface area contributed by atoms with Crippen LogP contribution < -0.4 is 0 Å². The number of para-hydroxylation sites is 1. The molecule has 25 heavy (non-hydrogen) atoms. The van der Waals surface area contributed by atoms with E-state index < -0.39 is 0 Å². The number of aliphatic imine (C=N–C) groups is 1. The number of rotatable bonds is 4. The molecule has 0 N–H and O–H groups in total. The van der Waals surface area contributed by atoms with Crippen LogP contribution in [0.5, 0.6) is 0 Å². The fraction of sp³-hybridized carbons (Fsp3) is 0.182. The predicted molar refractivity (Wildman–Crippen MR) is 103 cm³/mol. The van der Waals surface area contributed by atoms with Gasteiger partial charge in [-0.1, -0.05) is 25.1 Å². The minimum Gasteiger partial charge on any atom is -0.318 e. The molecule has 0 bridgehead atoms. The first-order valence-corrected chi connectivity index (χ1v) is 8.45. The highest BCUT2D eigenvalue weighted by Crippen LogP contribution is 2.23. The van der Waals surface area contributed by atoms with Gasteiger partial charge in [-0.25, -0.2) is 0 Å². The summed E-state index contributed by atoms with van der Waals surface area (Å²) in [5, 5.41) is 8.87. The fourth-order valence-electron chi connectivity index (χ4n) is 3.08. The number of aryl methyl sites for hydroxylation is 2. The molecular weight excluding hydrogens is 306 g/mol. The van der Waals surface area contributed by atoms with Gasteiger partial charge in [0, 0.05) is 28.9 Å². The summed E-state index contributed by atoms with van der Waals surface area (Å²) in [7, 11) is 0. The molecule has 3 nitrogen and oxygen atoms in total. The van der Waals surface area contributed by atoms with E-state index in [-0.39, 0.29) is 0 Å². The number of hydrogen-bond acceptors (Lipinski definition) is 2. The summed E-state index contributed by atoms with van der Waals surface area (Å²) in [5.74, 6) is 0. The zero-order chi connectivity index (χ0) is 17.8. The lowest BCUT2D eigenvalue weighted by molar-refractivity contribution is 0.937. The molecule has 0 fully saturated rings. The van der Waals surface area contributed by atoms with Crippen molar-refractivity contribution >= 4 is 11.9 Å². The first-order valence-electron chi connectivity index (χ1n) is 8.45. The monoisotopic (exact) mass is 327 g/mol. The quantitative estimate of drug-likeness (QED) is 0.601. The van der Waals surface area contributed by atoms with E-state index in [0.717, 1.165) is 17.7 Å². The molecule has 0 spiro atoms. The smallest absolute Gasteiger partial charge is 0.0991 e. The Kier molecular flexibility index (Phi) is 4.81. The third-order valence-electron chi connectivity index (χ3n) is 4.43. The molecule has 0 atom stereocenters. The topological polar surface area (TPSA) is 41.1 Å². The Bertz CT molecular complexity index is 954. The Morgan fingerprint density at radius 3 is 2.48 bits per heavy atom. The Morgan fingerprint density at radius 2 is 1.80 bits per heavy atom. The molecule has 124 valence electrons. The van der Waals surface area contributed by atoms with Gasteiger partial charge < -0.3 is 4.57 Å². The summed E-state index contributed by atoms with van der Waals surface area (Å²) in [6.07, 6.45) is 2.90. The third kappa shape index (κ3) is 3.39. The highest BCUT2D eigenvalue weighted by Gasteiger charge is 2.11. The lowest BCUT2D eigenvalue weighted by Gasteiger charge is -2.13. The van der Waals surface area contributed by atoms with Crippen LogP contribution in [0.2, 0.25) is 0 Å². The maximum absolute atomic E-state index is 8.87. The van der Waals surface area contributed by atoms with Crippen molar-refractivity contribution in [3.8, 4) is 11.8 Å². The molecule has 0 unspecified atom stereocenters. The number of aromatic nitrogens is 1. The number of hydrogen-bond donors (Lipinski definition) is 0. The minimum absolute atomic E-state index is 0.647. The van der Waals surface area contributed by atoms with Crippen molar-refractivity contribution in [1.82, 2.24) is 4.57 Å². The van der Waals surface area contributed by atoms with Gasteiger partial charge in [-0.05, 0) is 62.2 Å². The van der Waals surface area contributed by atoms with E-state index in [0.29, 0.717) is 5.56 Å². The number of benzene rings is 2. The van der Waals surface area contributed by atoms with Crippen LogP contribution in [0, 0.1) is 25.2 Å². The van der Waals surface area contributed by atoms with Gasteiger partial charge in [-0.15, -0.1) is 0 Å². The predicted octanol–water partition coefficient (Wildman–Crippen LogP) is 5.28. The third-order valence-corrected chi connectivity index (χ3v) is 4.43. The molecule has 0 amide bonds. The van der Waals surface area contributed by atoms with E-state index in [1.54, 1.807) is 12.1 Å². The molecular formula is C22H21N3. The largest absolute Gasteiger partial charge is 0.318 e. The van der Waals surface area contributed by atoms with Gasteiger partial charge in [0.25, 0.3) is 0 Å². The molecule has 0 saturated carbocycles. The molecule has 3 heteroatoms. The Morgan fingerprint density at radius 1 is 1.08 bits per heavy atom. The van der Waals surface area contributed by atoms with Gasteiger partial charge in [0.15, 0.2) is 0 Å². The second kappa shape index (κ2) is 7.19. The Labute approximate surface area is 148 Å². The molecule has 0 radical (unpaired) electrons. The van der Waals surface area contributed by atoms with Gasteiger partial charge in [0.1, 0.15) is 0 Å². The van der Waals surface area contributed by atoms with Crippen LogP contribution >= 0.6 is 0 Å². The van der Waals surface area contributed by atoms with Crippen molar-refractivity contribution in [3.63, 3.8) is 0 Å².